The van der Waals surface area contributed by atoms with Crippen molar-refractivity contribution in [3.05, 3.63) is 35.4 Å². The molecule has 0 spiro atoms. The summed E-state index contributed by atoms with van der Waals surface area (Å²) >= 11 is 2.94. The van der Waals surface area contributed by atoms with Gasteiger partial charge in [0.2, 0.25) is 0 Å². The molecule has 1 aromatic carbocycles. The maximum atomic E-state index is 11.8. The molecule has 21 heavy (non-hydrogen) atoms. The Hall–Kier alpha value is -0.940. The number of carbonyl (C=O) groups is 1. The molecule has 1 aromatic rings. The highest BCUT2D eigenvalue weighted by atomic mass is 32.2. The summed E-state index contributed by atoms with van der Waals surface area (Å²) in [4.78, 5) is 16.3. The van der Waals surface area contributed by atoms with Crippen molar-refractivity contribution in [1.82, 2.24) is 0 Å². The van der Waals surface area contributed by atoms with E-state index in [0.717, 1.165) is 9.94 Å². The lowest BCUT2D eigenvalue weighted by Gasteiger charge is -2.25. The fraction of sp³-hybridized carbons (Fsp3) is 0.500. The van der Waals surface area contributed by atoms with E-state index in [1.165, 1.54) is 23.5 Å². The summed E-state index contributed by atoms with van der Waals surface area (Å²) in [6.07, 6.45) is 3.81. The molecule has 3 nitrogen and oxygen atoms in total. The third-order valence-electron chi connectivity index (χ3n) is 3.37. The van der Waals surface area contributed by atoms with E-state index in [-0.39, 0.29) is 5.41 Å². The molecule has 5 heteroatoms. The zero-order chi connectivity index (χ0) is 16.3. The van der Waals surface area contributed by atoms with Crippen molar-refractivity contribution in [3.8, 4) is 0 Å². The van der Waals surface area contributed by atoms with Crippen molar-refractivity contribution in [1.29, 1.82) is 0 Å². The van der Waals surface area contributed by atoms with Crippen LogP contribution in [0.2, 0.25) is 0 Å². The van der Waals surface area contributed by atoms with E-state index in [1.807, 2.05) is 36.8 Å². The van der Waals surface area contributed by atoms with E-state index in [2.05, 4.69) is 25.8 Å². The third kappa shape index (κ3) is 4.27. The first-order valence-corrected chi connectivity index (χ1v) is 9.12. The smallest absolute Gasteiger partial charge is 0.336 e. The second kappa shape index (κ2) is 6.88. The lowest BCUT2D eigenvalue weighted by Crippen LogP contribution is -2.31. The topological polar surface area (TPSA) is 49.7 Å². The van der Waals surface area contributed by atoms with Gasteiger partial charge in [0, 0.05) is 0 Å². The number of hydrogen-bond donors (Lipinski definition) is 1. The molecule has 1 rings (SSSR count). The summed E-state index contributed by atoms with van der Waals surface area (Å²) in [5, 5.41) is 9.69. The van der Waals surface area contributed by atoms with E-state index in [1.54, 1.807) is 6.92 Å². The molecule has 1 atom stereocenters. The monoisotopic (exact) mass is 325 g/mol. The van der Waals surface area contributed by atoms with Gasteiger partial charge in [-0.1, -0.05) is 45.0 Å². The second-order valence-electron chi connectivity index (χ2n) is 5.99. The van der Waals surface area contributed by atoms with Gasteiger partial charge >= 0.3 is 5.97 Å². The summed E-state index contributed by atoms with van der Waals surface area (Å²) in [7, 11) is 0. The van der Waals surface area contributed by atoms with Crippen LogP contribution in [0.3, 0.4) is 0 Å². The Morgan fingerprint density at radius 1 is 1.10 bits per heavy atom. The van der Waals surface area contributed by atoms with Gasteiger partial charge in [0.25, 0.3) is 0 Å². The van der Waals surface area contributed by atoms with Gasteiger partial charge < -0.3 is 5.11 Å². The number of carboxylic acids is 1. The molecule has 0 radical (unpaired) electrons. The number of hydrogen-bond acceptors (Lipinski definition) is 4. The molecular formula is C16H23NO2S2. The highest BCUT2D eigenvalue weighted by molar-refractivity contribution is 8.38. The quantitative estimate of drug-likeness (QED) is 0.662. The average Bonchev–Trinajstić information content (AvgIpc) is 2.43. The first kappa shape index (κ1) is 18.1. The van der Waals surface area contributed by atoms with Crippen LogP contribution in [0.5, 0.6) is 0 Å². The van der Waals surface area contributed by atoms with Crippen LogP contribution in [0.4, 0.5) is 0 Å². The van der Waals surface area contributed by atoms with Crippen LogP contribution < -0.4 is 0 Å². The first-order valence-electron chi connectivity index (χ1n) is 6.67. The lowest BCUT2D eigenvalue weighted by atomic mass is 9.83. The van der Waals surface area contributed by atoms with Gasteiger partial charge in [-0.15, -0.1) is 23.5 Å². The molecule has 0 fully saturated rings. The standard InChI is InChI=1S/C16H23NO2S2/c1-15(2,3)11-8-7-9-12(10-11)16(4,13(18)19)17-14(20-5)21-6/h7-10H,1-6H3,(H,18,19). The first-order chi connectivity index (χ1) is 9.65. The fourth-order valence-electron chi connectivity index (χ4n) is 1.88. The van der Waals surface area contributed by atoms with Gasteiger partial charge in [-0.25, -0.2) is 9.79 Å². The van der Waals surface area contributed by atoms with Crippen molar-refractivity contribution in [2.45, 2.75) is 38.6 Å². The van der Waals surface area contributed by atoms with Crippen molar-refractivity contribution in [2.75, 3.05) is 12.5 Å². The van der Waals surface area contributed by atoms with E-state index in [4.69, 9.17) is 0 Å². The van der Waals surface area contributed by atoms with Gasteiger partial charge in [-0.3, -0.25) is 0 Å². The fourth-order valence-corrected chi connectivity index (χ4v) is 3.10. The van der Waals surface area contributed by atoms with E-state index >= 15 is 0 Å². The predicted molar refractivity (Wildman–Crippen MR) is 94.6 cm³/mol. The molecule has 116 valence electrons. The Kier molecular flexibility index (Phi) is 5.93. The van der Waals surface area contributed by atoms with E-state index in [0.29, 0.717) is 5.56 Å². The molecule has 0 aliphatic carbocycles. The van der Waals surface area contributed by atoms with Crippen molar-refractivity contribution >= 4 is 33.9 Å². The molecule has 0 heterocycles. The van der Waals surface area contributed by atoms with Gasteiger partial charge in [-0.05, 0) is 36.0 Å². The summed E-state index contributed by atoms with van der Waals surface area (Å²) in [6.45, 7) is 8.00. The van der Waals surface area contributed by atoms with Crippen molar-refractivity contribution in [2.24, 2.45) is 4.99 Å². The van der Waals surface area contributed by atoms with Gasteiger partial charge in [-0.2, -0.15) is 0 Å². The molecular weight excluding hydrogens is 302 g/mol. The summed E-state index contributed by atoms with van der Waals surface area (Å²) < 4.78 is 0.765. The summed E-state index contributed by atoms with van der Waals surface area (Å²) in [6, 6.07) is 7.73. The molecule has 0 bridgehead atoms. The Morgan fingerprint density at radius 2 is 1.62 bits per heavy atom. The number of benzene rings is 1. The molecule has 1 unspecified atom stereocenters. The normalized spacial score (nSPS) is 14.4. The number of thioether (sulfide) groups is 2. The minimum atomic E-state index is -1.26. The maximum absolute atomic E-state index is 11.8. The molecule has 0 aliphatic rings. The zero-order valence-corrected chi connectivity index (χ0v) is 15.1. The van der Waals surface area contributed by atoms with Crippen LogP contribution in [0.1, 0.15) is 38.8 Å². The number of aliphatic carboxylic acids is 1. The molecule has 0 saturated carbocycles. The van der Waals surface area contributed by atoms with Crippen LogP contribution >= 0.6 is 23.5 Å². The van der Waals surface area contributed by atoms with Crippen LogP contribution in [0.25, 0.3) is 0 Å². The summed E-state index contributed by atoms with van der Waals surface area (Å²) in [5.41, 5.74) is 0.532. The zero-order valence-electron chi connectivity index (χ0n) is 13.4. The molecule has 0 aliphatic heterocycles. The lowest BCUT2D eigenvalue weighted by molar-refractivity contribution is -0.142. The highest BCUT2D eigenvalue weighted by Gasteiger charge is 2.36. The molecule has 0 aromatic heterocycles. The van der Waals surface area contributed by atoms with E-state index < -0.39 is 11.5 Å². The summed E-state index contributed by atoms with van der Waals surface area (Å²) in [5.74, 6) is -0.936. The molecule has 1 N–H and O–H groups in total. The largest absolute Gasteiger partial charge is 0.479 e. The van der Waals surface area contributed by atoms with Gasteiger partial charge in [0.1, 0.15) is 4.38 Å². The van der Waals surface area contributed by atoms with Gasteiger partial charge in [0.15, 0.2) is 5.54 Å². The SMILES string of the molecule is CSC(=NC(C)(C(=O)O)c1cccc(C(C)(C)C)c1)SC. The minimum absolute atomic E-state index is 0.0268. The van der Waals surface area contributed by atoms with Crippen molar-refractivity contribution in [3.63, 3.8) is 0 Å². The van der Waals surface area contributed by atoms with Gasteiger partial charge in [0.05, 0.1) is 0 Å². The van der Waals surface area contributed by atoms with Crippen LogP contribution in [0, 0.1) is 0 Å². The Morgan fingerprint density at radius 3 is 2.05 bits per heavy atom. The third-order valence-corrected chi connectivity index (χ3v) is 5.25. The number of carboxylic acid groups (broad SMARTS) is 1. The van der Waals surface area contributed by atoms with Crippen LogP contribution in [0.15, 0.2) is 29.3 Å². The average molecular weight is 325 g/mol. The Labute approximate surface area is 135 Å². The highest BCUT2D eigenvalue weighted by Crippen LogP contribution is 2.32. The molecule has 0 amide bonds. The van der Waals surface area contributed by atoms with Crippen molar-refractivity contribution < 1.29 is 9.90 Å². The molecule has 0 saturated heterocycles. The number of rotatable bonds is 3. The minimum Gasteiger partial charge on any atom is -0.479 e. The van der Waals surface area contributed by atoms with E-state index in [9.17, 15) is 9.90 Å². The van der Waals surface area contributed by atoms with Crippen LogP contribution in [-0.4, -0.2) is 28.0 Å². The Balaban J connectivity index is 3.43. The predicted octanol–water partition coefficient (Wildman–Crippen LogP) is 4.37. The number of aliphatic imine (C=N–C) groups is 1. The Bertz CT molecular complexity index is 543. The maximum Gasteiger partial charge on any atom is 0.336 e. The number of nitrogens with zero attached hydrogens (tertiary/aromatic N) is 1. The van der Waals surface area contributed by atoms with Crippen LogP contribution in [-0.2, 0) is 15.7 Å². The second-order valence-corrected chi connectivity index (χ2v) is 7.84.